The van der Waals surface area contributed by atoms with Crippen molar-refractivity contribution >= 4 is 11.9 Å². The molecule has 0 bridgehead atoms. The SMILES string of the molecule is COC(=O)C1=CON2[C@@H](C)[C@H](C)OC(=O)[C@]12C. The zero-order valence-electron chi connectivity index (χ0n) is 10.2. The fourth-order valence-corrected chi connectivity index (χ4v) is 2.08. The highest BCUT2D eigenvalue weighted by Gasteiger charge is 2.59. The molecule has 0 radical (unpaired) electrons. The zero-order chi connectivity index (χ0) is 12.8. The molecule has 1 fully saturated rings. The Morgan fingerprint density at radius 2 is 2.18 bits per heavy atom. The zero-order valence-corrected chi connectivity index (χ0v) is 10.2. The third-order valence-corrected chi connectivity index (χ3v) is 3.39. The molecular formula is C11H15NO5. The minimum absolute atomic E-state index is 0.142. The van der Waals surface area contributed by atoms with Crippen molar-refractivity contribution in [3.05, 3.63) is 11.8 Å². The first-order valence-electron chi connectivity index (χ1n) is 5.39. The minimum Gasteiger partial charge on any atom is -0.466 e. The van der Waals surface area contributed by atoms with Crippen molar-refractivity contribution in [2.75, 3.05) is 7.11 Å². The maximum absolute atomic E-state index is 12.0. The van der Waals surface area contributed by atoms with Crippen LogP contribution in [-0.4, -0.2) is 41.8 Å². The van der Waals surface area contributed by atoms with Gasteiger partial charge in [-0.15, -0.1) is 5.06 Å². The number of fused-ring (bicyclic) bond motifs is 1. The molecule has 2 rings (SSSR count). The molecule has 6 heteroatoms. The monoisotopic (exact) mass is 241 g/mol. The van der Waals surface area contributed by atoms with E-state index in [1.54, 1.807) is 13.8 Å². The van der Waals surface area contributed by atoms with Crippen LogP contribution in [0.2, 0.25) is 0 Å². The Morgan fingerprint density at radius 3 is 2.76 bits per heavy atom. The van der Waals surface area contributed by atoms with Gasteiger partial charge in [-0.2, -0.15) is 0 Å². The number of methoxy groups -OCH3 is 1. The number of nitrogens with zero attached hydrogens (tertiary/aromatic N) is 1. The average Bonchev–Trinajstić information content (AvgIpc) is 2.65. The van der Waals surface area contributed by atoms with Crippen LogP contribution in [0.4, 0.5) is 0 Å². The molecule has 0 aromatic rings. The normalized spacial score (nSPS) is 36.7. The predicted octanol–water partition coefficient (Wildman–Crippen LogP) is 0.383. The summed E-state index contributed by atoms with van der Waals surface area (Å²) in [5.74, 6) is -1.09. The van der Waals surface area contributed by atoms with Crippen molar-refractivity contribution < 1.29 is 23.9 Å². The van der Waals surface area contributed by atoms with E-state index < -0.39 is 17.5 Å². The van der Waals surface area contributed by atoms with E-state index in [1.165, 1.54) is 18.4 Å². The van der Waals surface area contributed by atoms with Crippen LogP contribution in [0, 0.1) is 0 Å². The summed E-state index contributed by atoms with van der Waals surface area (Å²) in [7, 11) is 1.26. The Bertz CT molecular complexity index is 405. The van der Waals surface area contributed by atoms with Crippen molar-refractivity contribution in [2.24, 2.45) is 0 Å². The van der Waals surface area contributed by atoms with Crippen molar-refractivity contribution in [1.82, 2.24) is 5.06 Å². The minimum atomic E-state index is -1.22. The second kappa shape index (κ2) is 3.73. The van der Waals surface area contributed by atoms with Crippen LogP contribution in [0.5, 0.6) is 0 Å². The van der Waals surface area contributed by atoms with Gasteiger partial charge in [-0.25, -0.2) is 9.59 Å². The van der Waals surface area contributed by atoms with E-state index in [2.05, 4.69) is 4.74 Å². The highest BCUT2D eigenvalue weighted by molar-refractivity contribution is 6.01. The van der Waals surface area contributed by atoms with Crippen molar-refractivity contribution in [3.8, 4) is 0 Å². The molecule has 0 aromatic carbocycles. The number of hydrogen-bond acceptors (Lipinski definition) is 6. The number of hydrogen-bond donors (Lipinski definition) is 0. The Morgan fingerprint density at radius 1 is 1.53 bits per heavy atom. The summed E-state index contributed by atoms with van der Waals surface area (Å²) in [5.41, 5.74) is -1.07. The molecule has 0 aliphatic carbocycles. The third-order valence-electron chi connectivity index (χ3n) is 3.39. The Hall–Kier alpha value is -1.56. The predicted molar refractivity (Wildman–Crippen MR) is 56.4 cm³/mol. The highest BCUT2D eigenvalue weighted by atomic mass is 16.7. The smallest absolute Gasteiger partial charge is 0.339 e. The van der Waals surface area contributed by atoms with Gasteiger partial charge >= 0.3 is 11.9 Å². The number of hydroxylamine groups is 2. The van der Waals surface area contributed by atoms with Gasteiger partial charge in [-0.1, -0.05) is 0 Å². The van der Waals surface area contributed by atoms with E-state index >= 15 is 0 Å². The van der Waals surface area contributed by atoms with Crippen LogP contribution in [0.1, 0.15) is 20.8 Å². The maximum atomic E-state index is 12.0. The quantitative estimate of drug-likeness (QED) is 0.618. The molecule has 0 aromatic heterocycles. The number of carbonyl (C=O) groups excluding carboxylic acids is 2. The maximum Gasteiger partial charge on any atom is 0.339 e. The summed E-state index contributed by atoms with van der Waals surface area (Å²) in [5, 5.41) is 1.48. The standard InChI is InChI=1S/C11H15NO5/c1-6-7(2)17-10(14)11(3)8(9(13)15-4)5-16-12(6)11/h5-7H,1-4H3/t6-,7-,11-/m0/s1. The van der Waals surface area contributed by atoms with Gasteiger partial charge in [0.05, 0.1) is 13.2 Å². The number of ether oxygens (including phenoxy) is 2. The summed E-state index contributed by atoms with van der Waals surface area (Å²) in [6, 6.07) is -0.142. The fourth-order valence-electron chi connectivity index (χ4n) is 2.08. The van der Waals surface area contributed by atoms with Gasteiger partial charge in [0, 0.05) is 0 Å². The molecule has 2 aliphatic heterocycles. The molecular weight excluding hydrogens is 226 g/mol. The number of carbonyl (C=O) groups is 2. The number of esters is 2. The molecule has 0 N–H and O–H groups in total. The third kappa shape index (κ3) is 1.44. The molecule has 6 nitrogen and oxygen atoms in total. The molecule has 0 unspecified atom stereocenters. The molecule has 3 atom stereocenters. The van der Waals surface area contributed by atoms with Crippen LogP contribution in [-0.2, 0) is 23.9 Å². The summed E-state index contributed by atoms with van der Waals surface area (Å²) >= 11 is 0. The molecule has 0 spiro atoms. The summed E-state index contributed by atoms with van der Waals surface area (Å²) in [4.78, 5) is 28.9. The van der Waals surface area contributed by atoms with Crippen LogP contribution >= 0.6 is 0 Å². The Balaban J connectivity index is 2.39. The average molecular weight is 241 g/mol. The van der Waals surface area contributed by atoms with Gasteiger partial charge in [0.2, 0.25) is 0 Å². The van der Waals surface area contributed by atoms with Gasteiger partial charge < -0.3 is 14.3 Å². The lowest BCUT2D eigenvalue weighted by Crippen LogP contribution is -2.63. The van der Waals surface area contributed by atoms with E-state index in [1.807, 2.05) is 6.92 Å². The fraction of sp³-hybridized carbons (Fsp3) is 0.636. The second-order valence-corrected chi connectivity index (χ2v) is 4.38. The van der Waals surface area contributed by atoms with Crippen molar-refractivity contribution in [2.45, 2.75) is 38.5 Å². The van der Waals surface area contributed by atoms with E-state index in [-0.39, 0.29) is 17.7 Å². The van der Waals surface area contributed by atoms with E-state index in [9.17, 15) is 9.59 Å². The summed E-state index contributed by atoms with van der Waals surface area (Å²) in [6.07, 6.45) is 0.961. The number of rotatable bonds is 1. The lowest BCUT2D eigenvalue weighted by Gasteiger charge is -2.43. The molecule has 2 aliphatic rings. The highest BCUT2D eigenvalue weighted by Crippen LogP contribution is 2.39. The molecule has 94 valence electrons. The molecule has 17 heavy (non-hydrogen) atoms. The van der Waals surface area contributed by atoms with Crippen molar-refractivity contribution in [3.63, 3.8) is 0 Å². The molecule has 0 saturated carbocycles. The summed E-state index contributed by atoms with van der Waals surface area (Å²) in [6.45, 7) is 5.23. The van der Waals surface area contributed by atoms with E-state index in [0.717, 1.165) is 0 Å². The lowest BCUT2D eigenvalue weighted by molar-refractivity contribution is -0.236. The Labute approximate surface area is 99.1 Å². The number of cyclic esters (lactones) is 1. The lowest BCUT2D eigenvalue weighted by atomic mass is 9.89. The van der Waals surface area contributed by atoms with Crippen LogP contribution in [0.15, 0.2) is 11.8 Å². The molecule has 1 saturated heterocycles. The van der Waals surface area contributed by atoms with E-state index in [0.29, 0.717) is 0 Å². The number of morpholine rings is 1. The molecule has 0 amide bonds. The van der Waals surface area contributed by atoms with Gasteiger partial charge in [0.1, 0.15) is 17.9 Å². The van der Waals surface area contributed by atoms with Gasteiger partial charge in [-0.05, 0) is 20.8 Å². The van der Waals surface area contributed by atoms with Crippen LogP contribution < -0.4 is 0 Å². The van der Waals surface area contributed by atoms with E-state index in [4.69, 9.17) is 9.57 Å². The first-order chi connectivity index (χ1) is 7.92. The summed E-state index contributed by atoms with van der Waals surface area (Å²) < 4.78 is 9.87. The Kier molecular flexibility index (Phi) is 2.61. The van der Waals surface area contributed by atoms with Gasteiger partial charge in [0.25, 0.3) is 0 Å². The first kappa shape index (κ1) is 11.9. The van der Waals surface area contributed by atoms with Crippen LogP contribution in [0.3, 0.4) is 0 Å². The van der Waals surface area contributed by atoms with Crippen molar-refractivity contribution in [1.29, 1.82) is 0 Å². The first-order valence-corrected chi connectivity index (χ1v) is 5.39. The second-order valence-electron chi connectivity index (χ2n) is 4.38. The molecule has 2 heterocycles. The van der Waals surface area contributed by atoms with Gasteiger partial charge in [-0.3, -0.25) is 0 Å². The van der Waals surface area contributed by atoms with Crippen LogP contribution in [0.25, 0.3) is 0 Å². The topological polar surface area (TPSA) is 65.1 Å². The van der Waals surface area contributed by atoms with Gasteiger partial charge in [0.15, 0.2) is 5.54 Å². The largest absolute Gasteiger partial charge is 0.466 e.